The molecule has 7 nitrogen and oxygen atoms in total. The van der Waals surface area contributed by atoms with Crippen LogP contribution < -0.4 is 5.32 Å². The fourth-order valence-corrected chi connectivity index (χ4v) is 8.59. The number of aromatic nitrogens is 2. The summed E-state index contributed by atoms with van der Waals surface area (Å²) in [7, 11) is -3.50. The van der Waals surface area contributed by atoms with Crippen LogP contribution in [0.4, 0.5) is 5.69 Å². The number of carbonyl (C=O) groups excluding carboxylic acids is 1. The molecule has 1 atom stereocenters. The standard InChI is InChI=1S/C25H30N4O3S3/c1-17-6-11-20-21(14-17)34-25-23(20)24(26-16-27-25)33-15-22(30)28-18-7-9-19(10-8-18)35(31,32)29-12-4-2-3-5-13-29/h7-10,16-17H,2-6,11-15H2,1H3,(H,28,30). The average Bonchev–Trinajstić information content (AvgIpc) is 3.01. The molecule has 1 aromatic carbocycles. The third-order valence-electron chi connectivity index (χ3n) is 6.74. The van der Waals surface area contributed by atoms with E-state index in [9.17, 15) is 13.2 Å². The van der Waals surface area contributed by atoms with Gasteiger partial charge >= 0.3 is 0 Å². The van der Waals surface area contributed by atoms with Gasteiger partial charge in [0.1, 0.15) is 16.2 Å². The molecule has 0 bridgehead atoms. The summed E-state index contributed by atoms with van der Waals surface area (Å²) < 4.78 is 27.5. The van der Waals surface area contributed by atoms with E-state index in [1.165, 1.54) is 28.6 Å². The van der Waals surface area contributed by atoms with Crippen molar-refractivity contribution < 1.29 is 13.2 Å². The molecule has 1 fully saturated rings. The summed E-state index contributed by atoms with van der Waals surface area (Å²) >= 11 is 3.18. The fourth-order valence-electron chi connectivity index (χ4n) is 4.83. The summed E-state index contributed by atoms with van der Waals surface area (Å²) in [6, 6.07) is 6.48. The third kappa shape index (κ3) is 5.40. The van der Waals surface area contributed by atoms with Gasteiger partial charge in [0.15, 0.2) is 0 Å². The number of aryl methyl sites for hydroxylation is 1. The van der Waals surface area contributed by atoms with Crippen LogP contribution in [-0.4, -0.2) is 47.4 Å². The van der Waals surface area contributed by atoms with E-state index in [4.69, 9.17) is 0 Å². The lowest BCUT2D eigenvalue weighted by atomic mass is 9.89. The smallest absolute Gasteiger partial charge is 0.243 e. The highest BCUT2D eigenvalue weighted by molar-refractivity contribution is 8.00. The van der Waals surface area contributed by atoms with E-state index in [-0.39, 0.29) is 16.6 Å². The molecule has 2 aliphatic rings. The lowest BCUT2D eigenvalue weighted by Crippen LogP contribution is -2.31. The van der Waals surface area contributed by atoms with Crippen LogP contribution in [0.15, 0.2) is 40.5 Å². The van der Waals surface area contributed by atoms with E-state index in [1.54, 1.807) is 46.2 Å². The normalized spacial score (nSPS) is 19.3. The molecule has 0 radical (unpaired) electrons. The molecule has 1 aliphatic carbocycles. The second kappa shape index (κ2) is 10.5. The van der Waals surface area contributed by atoms with Crippen molar-refractivity contribution in [2.24, 2.45) is 5.92 Å². The molecule has 3 heterocycles. The zero-order valence-electron chi connectivity index (χ0n) is 19.8. The third-order valence-corrected chi connectivity index (χ3v) is 10.8. The molecule has 1 amide bonds. The zero-order chi connectivity index (χ0) is 24.4. The highest BCUT2D eigenvalue weighted by Gasteiger charge is 2.25. The quantitative estimate of drug-likeness (QED) is 0.352. The van der Waals surface area contributed by atoms with E-state index in [2.05, 4.69) is 22.2 Å². The van der Waals surface area contributed by atoms with Gasteiger partial charge in [-0.3, -0.25) is 4.79 Å². The number of hydrogen-bond donors (Lipinski definition) is 1. The topological polar surface area (TPSA) is 92.3 Å². The van der Waals surface area contributed by atoms with E-state index in [1.807, 2.05) is 0 Å². The number of rotatable bonds is 6. The van der Waals surface area contributed by atoms with Gasteiger partial charge < -0.3 is 5.32 Å². The number of nitrogens with one attached hydrogen (secondary N) is 1. The molecule has 1 N–H and O–H groups in total. The van der Waals surface area contributed by atoms with E-state index in [0.29, 0.717) is 24.7 Å². The fraction of sp³-hybridized carbons (Fsp3) is 0.480. The van der Waals surface area contributed by atoms with Crippen molar-refractivity contribution in [3.63, 3.8) is 0 Å². The lowest BCUT2D eigenvalue weighted by Gasteiger charge is -2.20. The number of sulfonamides is 1. The predicted octanol–water partition coefficient (Wildman–Crippen LogP) is 5.11. The molecule has 0 spiro atoms. The molecule has 2 aromatic heterocycles. The van der Waals surface area contributed by atoms with Gasteiger partial charge in [-0.2, -0.15) is 4.31 Å². The molecule has 1 aliphatic heterocycles. The van der Waals surface area contributed by atoms with Gasteiger partial charge in [-0.15, -0.1) is 11.3 Å². The molecule has 1 saturated heterocycles. The van der Waals surface area contributed by atoms with Crippen LogP contribution in [0.25, 0.3) is 10.2 Å². The maximum absolute atomic E-state index is 13.0. The average molecular weight is 531 g/mol. The summed E-state index contributed by atoms with van der Waals surface area (Å²) in [5.41, 5.74) is 1.94. The molecule has 3 aromatic rings. The molecule has 0 saturated carbocycles. The number of nitrogens with zero attached hydrogens (tertiary/aromatic N) is 3. The minimum absolute atomic E-state index is 0.150. The second-order valence-electron chi connectivity index (χ2n) is 9.39. The number of carbonyl (C=O) groups is 1. The lowest BCUT2D eigenvalue weighted by molar-refractivity contribution is -0.113. The number of amides is 1. The number of anilines is 1. The summed E-state index contributed by atoms with van der Waals surface area (Å²) in [4.78, 5) is 24.3. The SMILES string of the molecule is CC1CCc2c(sc3ncnc(SCC(=O)Nc4ccc(S(=O)(=O)N5CCCCCC5)cc4)c23)C1. The summed E-state index contributed by atoms with van der Waals surface area (Å²) in [5, 5.41) is 4.85. The first kappa shape index (κ1) is 24.7. The maximum atomic E-state index is 13.0. The zero-order valence-corrected chi connectivity index (χ0v) is 22.3. The Morgan fingerprint density at radius 2 is 1.89 bits per heavy atom. The van der Waals surface area contributed by atoms with Crippen molar-refractivity contribution in [1.29, 1.82) is 0 Å². The van der Waals surface area contributed by atoms with Crippen molar-refractivity contribution >= 4 is 54.9 Å². The Morgan fingerprint density at radius 1 is 1.14 bits per heavy atom. The Morgan fingerprint density at radius 3 is 2.63 bits per heavy atom. The second-order valence-corrected chi connectivity index (χ2v) is 13.4. The van der Waals surface area contributed by atoms with Crippen molar-refractivity contribution in [3.8, 4) is 0 Å². The van der Waals surface area contributed by atoms with Crippen molar-refractivity contribution in [3.05, 3.63) is 41.0 Å². The monoisotopic (exact) mass is 530 g/mol. The molecule has 186 valence electrons. The number of benzene rings is 1. The van der Waals surface area contributed by atoms with Crippen LogP contribution in [0.2, 0.25) is 0 Å². The first-order valence-electron chi connectivity index (χ1n) is 12.2. The van der Waals surface area contributed by atoms with Gasteiger partial charge in [-0.05, 0) is 67.9 Å². The maximum Gasteiger partial charge on any atom is 0.243 e. The van der Waals surface area contributed by atoms with Crippen LogP contribution in [0.3, 0.4) is 0 Å². The van der Waals surface area contributed by atoms with E-state index < -0.39 is 10.0 Å². The van der Waals surface area contributed by atoms with Crippen molar-refractivity contribution in [2.75, 3.05) is 24.2 Å². The minimum atomic E-state index is -3.50. The van der Waals surface area contributed by atoms with Gasteiger partial charge in [0.25, 0.3) is 0 Å². The first-order chi connectivity index (χ1) is 16.9. The summed E-state index contributed by atoms with van der Waals surface area (Å²) in [5.74, 6) is 0.764. The van der Waals surface area contributed by atoms with Gasteiger partial charge in [-0.1, -0.05) is 31.5 Å². The molecule has 10 heteroatoms. The Balaban J connectivity index is 1.23. The number of fused-ring (bicyclic) bond motifs is 3. The number of hydrogen-bond acceptors (Lipinski definition) is 7. The van der Waals surface area contributed by atoms with Gasteiger partial charge in [0, 0.05) is 29.0 Å². The Bertz CT molecular complexity index is 1310. The van der Waals surface area contributed by atoms with Gasteiger partial charge in [-0.25, -0.2) is 18.4 Å². The van der Waals surface area contributed by atoms with Crippen LogP contribution in [0, 0.1) is 5.92 Å². The van der Waals surface area contributed by atoms with Crippen molar-refractivity contribution in [2.45, 2.75) is 61.8 Å². The Labute approximate surface area is 214 Å². The van der Waals surface area contributed by atoms with Crippen LogP contribution in [-0.2, 0) is 27.7 Å². The van der Waals surface area contributed by atoms with Crippen LogP contribution in [0.1, 0.15) is 49.5 Å². The van der Waals surface area contributed by atoms with Gasteiger partial charge in [0.2, 0.25) is 15.9 Å². The molecule has 5 rings (SSSR count). The van der Waals surface area contributed by atoms with Crippen LogP contribution in [0.5, 0.6) is 0 Å². The minimum Gasteiger partial charge on any atom is -0.325 e. The molecular formula is C25H30N4O3S3. The highest BCUT2D eigenvalue weighted by Crippen LogP contribution is 2.40. The summed E-state index contributed by atoms with van der Waals surface area (Å²) in [6.07, 6.45) is 8.82. The van der Waals surface area contributed by atoms with Gasteiger partial charge in [0.05, 0.1) is 10.6 Å². The Hall–Kier alpha value is -2.01. The highest BCUT2D eigenvalue weighted by atomic mass is 32.2. The van der Waals surface area contributed by atoms with Crippen molar-refractivity contribution in [1.82, 2.24) is 14.3 Å². The predicted molar refractivity (Wildman–Crippen MR) is 142 cm³/mol. The van der Waals surface area contributed by atoms with E-state index >= 15 is 0 Å². The molecular weight excluding hydrogens is 501 g/mol. The van der Waals surface area contributed by atoms with E-state index in [0.717, 1.165) is 53.8 Å². The Kier molecular flexibility index (Phi) is 7.43. The van der Waals surface area contributed by atoms with Crippen LogP contribution >= 0.6 is 23.1 Å². The summed E-state index contributed by atoms with van der Waals surface area (Å²) in [6.45, 7) is 3.43. The molecule has 1 unspecified atom stereocenters. The number of thioether (sulfide) groups is 1. The molecule has 35 heavy (non-hydrogen) atoms. The number of thiophene rings is 1. The first-order valence-corrected chi connectivity index (χ1v) is 15.4. The largest absolute Gasteiger partial charge is 0.325 e.